The van der Waals surface area contributed by atoms with Crippen molar-refractivity contribution in [3.63, 3.8) is 0 Å². The molecule has 192 valence electrons. The maximum atomic E-state index is 12.9. The van der Waals surface area contributed by atoms with Crippen molar-refractivity contribution in [3.05, 3.63) is 58.8 Å². The van der Waals surface area contributed by atoms with Crippen LogP contribution in [0.2, 0.25) is 0 Å². The lowest BCUT2D eigenvalue weighted by Gasteiger charge is -2.49. The number of nitrogens with zero attached hydrogens (tertiary/aromatic N) is 8. The first-order valence-corrected chi connectivity index (χ1v) is 12.6. The average molecular weight is 501 g/mol. The van der Waals surface area contributed by atoms with Crippen LogP contribution in [0.15, 0.2) is 47.7 Å². The van der Waals surface area contributed by atoms with E-state index in [4.69, 9.17) is 4.74 Å². The Morgan fingerprint density at radius 2 is 1.95 bits per heavy atom. The number of hydrogen-bond acceptors (Lipinski definition) is 8. The molecule has 1 aliphatic heterocycles. The first-order valence-electron chi connectivity index (χ1n) is 12.6. The number of benzene rings is 1. The molecule has 0 amide bonds. The predicted octanol–water partition coefficient (Wildman–Crippen LogP) is 2.88. The molecule has 1 fully saturated rings. The molecule has 4 heterocycles. The van der Waals surface area contributed by atoms with E-state index in [0.29, 0.717) is 6.61 Å². The standard InChI is InChI=1S/C27H32N8O2/c1-5-20-14-35(24-13-26(36)32(3)25-16-33(11-8-28)31-27(24)25)21(17-37-4)15-34(20)18(2)19-6-7-22-23(12-19)30-10-9-29-22/h6-7,9-10,12-13,16,18,20-21H,5,11,14-15,17H2,1-4H3/t18?,20-,21-/m1/s1. The molecule has 0 spiro atoms. The highest BCUT2D eigenvalue weighted by Gasteiger charge is 2.37. The van der Waals surface area contributed by atoms with Crippen molar-refractivity contribution < 1.29 is 4.74 Å². The van der Waals surface area contributed by atoms with Crippen LogP contribution in [0, 0.1) is 11.3 Å². The van der Waals surface area contributed by atoms with Crippen LogP contribution in [0.5, 0.6) is 0 Å². The van der Waals surface area contributed by atoms with E-state index in [2.05, 4.69) is 56.9 Å². The van der Waals surface area contributed by atoms with Crippen molar-refractivity contribution in [2.24, 2.45) is 7.05 Å². The van der Waals surface area contributed by atoms with E-state index in [1.54, 1.807) is 48.1 Å². The minimum atomic E-state index is -0.101. The Hall–Kier alpha value is -3.81. The van der Waals surface area contributed by atoms with Gasteiger partial charge < -0.3 is 14.2 Å². The number of anilines is 1. The van der Waals surface area contributed by atoms with Gasteiger partial charge in [0.05, 0.1) is 47.2 Å². The Bertz CT molecular complexity index is 1520. The first-order chi connectivity index (χ1) is 17.9. The SMILES string of the molecule is CC[C@@H]1CN(c2cc(=O)n(C)c3cn(CC#N)nc23)[C@@H](COC)CN1C(C)c1ccc2nccnc2c1. The Balaban J connectivity index is 1.52. The lowest BCUT2D eigenvalue weighted by Crippen LogP contribution is -2.60. The molecule has 4 aromatic rings. The Morgan fingerprint density at radius 1 is 1.16 bits per heavy atom. The molecule has 0 N–H and O–H groups in total. The minimum Gasteiger partial charge on any atom is -0.383 e. The van der Waals surface area contributed by atoms with Gasteiger partial charge in [-0.15, -0.1) is 0 Å². The highest BCUT2D eigenvalue weighted by Crippen LogP contribution is 2.34. The second kappa shape index (κ2) is 10.3. The maximum absolute atomic E-state index is 12.9. The normalized spacial score (nSPS) is 19.4. The van der Waals surface area contributed by atoms with Crippen LogP contribution in [0.1, 0.15) is 31.9 Å². The second-order valence-electron chi connectivity index (χ2n) is 9.65. The van der Waals surface area contributed by atoms with E-state index in [1.165, 1.54) is 5.56 Å². The number of pyridine rings is 1. The van der Waals surface area contributed by atoms with Gasteiger partial charge in [0.2, 0.25) is 0 Å². The zero-order valence-corrected chi connectivity index (χ0v) is 21.7. The van der Waals surface area contributed by atoms with Crippen LogP contribution in [-0.4, -0.2) is 68.1 Å². The van der Waals surface area contributed by atoms with Crippen LogP contribution in [0.3, 0.4) is 0 Å². The van der Waals surface area contributed by atoms with Crippen LogP contribution < -0.4 is 10.5 Å². The summed E-state index contributed by atoms with van der Waals surface area (Å²) in [6.07, 6.45) is 6.16. The summed E-state index contributed by atoms with van der Waals surface area (Å²) in [5, 5.41) is 13.9. The quantitative estimate of drug-likeness (QED) is 0.381. The summed E-state index contributed by atoms with van der Waals surface area (Å²) >= 11 is 0. The zero-order valence-electron chi connectivity index (χ0n) is 21.7. The summed E-state index contributed by atoms with van der Waals surface area (Å²) in [6, 6.07) is 10.5. The third-order valence-electron chi connectivity index (χ3n) is 7.52. The fourth-order valence-electron chi connectivity index (χ4n) is 5.48. The molecule has 1 aromatic carbocycles. The van der Waals surface area contributed by atoms with Crippen LogP contribution in [0.25, 0.3) is 22.1 Å². The minimum absolute atomic E-state index is 0.0203. The van der Waals surface area contributed by atoms with Crippen molar-refractivity contribution in [2.45, 2.75) is 44.9 Å². The van der Waals surface area contributed by atoms with E-state index in [0.717, 1.165) is 47.3 Å². The third-order valence-corrected chi connectivity index (χ3v) is 7.52. The van der Waals surface area contributed by atoms with Gasteiger partial charge in [-0.25, -0.2) is 0 Å². The van der Waals surface area contributed by atoms with E-state index < -0.39 is 0 Å². The molecule has 37 heavy (non-hydrogen) atoms. The van der Waals surface area contributed by atoms with E-state index in [-0.39, 0.29) is 30.2 Å². The molecule has 0 aliphatic carbocycles. The molecule has 1 aliphatic rings. The van der Waals surface area contributed by atoms with Gasteiger partial charge >= 0.3 is 0 Å². The van der Waals surface area contributed by atoms with Crippen LogP contribution >= 0.6 is 0 Å². The number of aryl methyl sites for hydroxylation is 1. The predicted molar refractivity (Wildman–Crippen MR) is 142 cm³/mol. The van der Waals surface area contributed by atoms with Gasteiger partial charge in [-0.3, -0.25) is 24.3 Å². The Labute approximate surface area is 215 Å². The first kappa shape index (κ1) is 24.9. The van der Waals surface area contributed by atoms with E-state index in [1.807, 2.05) is 6.07 Å². The van der Waals surface area contributed by atoms with Gasteiger partial charge in [0.15, 0.2) is 0 Å². The van der Waals surface area contributed by atoms with E-state index in [9.17, 15) is 10.1 Å². The number of rotatable bonds is 7. The summed E-state index contributed by atoms with van der Waals surface area (Å²) in [4.78, 5) is 26.6. The molecule has 10 heteroatoms. The van der Waals surface area contributed by atoms with Crippen LogP contribution in [-0.2, 0) is 18.3 Å². The lowest BCUT2D eigenvalue weighted by molar-refractivity contribution is 0.0718. The molecule has 1 saturated heterocycles. The summed E-state index contributed by atoms with van der Waals surface area (Å²) in [5.74, 6) is 0. The summed E-state index contributed by atoms with van der Waals surface area (Å²) in [6.45, 7) is 6.57. The topological polar surface area (TPSA) is 105 Å². The Kier molecular flexibility index (Phi) is 6.91. The number of ether oxygens (including phenoxy) is 1. The second-order valence-corrected chi connectivity index (χ2v) is 9.65. The summed E-state index contributed by atoms with van der Waals surface area (Å²) in [5.41, 5.74) is 5.11. The van der Waals surface area contributed by atoms with Crippen molar-refractivity contribution in [1.82, 2.24) is 29.2 Å². The molecular formula is C27H32N8O2. The van der Waals surface area contributed by atoms with Gasteiger partial charge in [0.1, 0.15) is 12.1 Å². The molecule has 0 radical (unpaired) electrons. The highest BCUT2D eigenvalue weighted by atomic mass is 16.5. The fourth-order valence-corrected chi connectivity index (χ4v) is 5.48. The van der Waals surface area contributed by atoms with Gasteiger partial charge in [-0.05, 0) is 31.0 Å². The number of nitriles is 1. The molecule has 5 rings (SSSR count). The monoisotopic (exact) mass is 500 g/mol. The van der Waals surface area contributed by atoms with Crippen LogP contribution in [0.4, 0.5) is 5.69 Å². The smallest absolute Gasteiger partial charge is 0.252 e. The average Bonchev–Trinajstić information content (AvgIpc) is 3.34. The van der Waals surface area contributed by atoms with Gasteiger partial charge in [0.25, 0.3) is 5.56 Å². The summed E-state index contributed by atoms with van der Waals surface area (Å²) < 4.78 is 8.85. The van der Waals surface area contributed by atoms with Gasteiger partial charge in [-0.2, -0.15) is 10.4 Å². The number of fused-ring (bicyclic) bond motifs is 2. The number of aromatic nitrogens is 5. The van der Waals surface area contributed by atoms with Gasteiger partial charge in [-0.1, -0.05) is 13.0 Å². The highest BCUT2D eigenvalue weighted by molar-refractivity contribution is 5.88. The molecule has 0 bridgehead atoms. The summed E-state index contributed by atoms with van der Waals surface area (Å²) in [7, 11) is 3.45. The third kappa shape index (κ3) is 4.56. The Morgan fingerprint density at radius 3 is 2.68 bits per heavy atom. The lowest BCUT2D eigenvalue weighted by atomic mass is 9.97. The maximum Gasteiger partial charge on any atom is 0.252 e. The number of methoxy groups -OCH3 is 1. The number of hydrogen-bond donors (Lipinski definition) is 0. The van der Waals surface area contributed by atoms with E-state index >= 15 is 0 Å². The fraction of sp³-hybridized carbons (Fsp3) is 0.444. The molecule has 3 aromatic heterocycles. The van der Waals surface area contributed by atoms with Crippen molar-refractivity contribution in [2.75, 3.05) is 31.7 Å². The van der Waals surface area contributed by atoms with Crippen molar-refractivity contribution in [1.29, 1.82) is 5.26 Å². The zero-order chi connectivity index (χ0) is 26.1. The van der Waals surface area contributed by atoms with Gasteiger partial charge in [0, 0.05) is 57.8 Å². The molecule has 1 unspecified atom stereocenters. The number of piperazine rings is 1. The largest absolute Gasteiger partial charge is 0.383 e. The molecule has 3 atom stereocenters. The molecule has 10 nitrogen and oxygen atoms in total. The molecule has 0 saturated carbocycles. The molecular weight excluding hydrogens is 468 g/mol. The van der Waals surface area contributed by atoms with Crippen molar-refractivity contribution in [3.8, 4) is 6.07 Å². The van der Waals surface area contributed by atoms with Crippen molar-refractivity contribution >= 4 is 27.8 Å².